The van der Waals surface area contributed by atoms with E-state index in [1.54, 1.807) is 29.1 Å². The molecule has 1 N–H and O–H groups in total. The Hall–Kier alpha value is -3.63. The van der Waals surface area contributed by atoms with E-state index in [1.165, 1.54) is 6.42 Å². The highest BCUT2D eigenvalue weighted by Gasteiger charge is 2.24. The number of nitrogens with one attached hydrogen (secondary N) is 1. The maximum atomic E-state index is 13.3. The minimum absolute atomic E-state index is 0.234. The van der Waals surface area contributed by atoms with Crippen molar-refractivity contribution in [2.45, 2.75) is 26.2 Å². The quantitative estimate of drug-likeness (QED) is 0.325. The monoisotopic (exact) mass is 529 g/mol. The average Bonchev–Trinajstić information content (AvgIpc) is 3.25. The minimum Gasteiger partial charge on any atom is -0.283 e. The molecule has 1 saturated heterocycles. The average molecular weight is 530 g/mol. The second-order valence-electron chi connectivity index (χ2n) is 8.86. The number of rotatable bonds is 4. The summed E-state index contributed by atoms with van der Waals surface area (Å²) in [6.07, 6.45) is 5.03. The highest BCUT2D eigenvalue weighted by atomic mass is 35.5. The van der Waals surface area contributed by atoms with Gasteiger partial charge in [0.1, 0.15) is 5.69 Å². The lowest BCUT2D eigenvalue weighted by molar-refractivity contribution is 0.0743. The molecule has 0 unspecified atom stereocenters. The number of amides is 1. The lowest BCUT2D eigenvalue weighted by Gasteiger charge is -2.26. The first-order valence-corrected chi connectivity index (χ1v) is 12.9. The molecule has 0 saturated carbocycles. The third-order valence-electron chi connectivity index (χ3n) is 6.25. The van der Waals surface area contributed by atoms with Crippen molar-refractivity contribution in [3.63, 3.8) is 0 Å². The Labute approximate surface area is 226 Å². The van der Waals surface area contributed by atoms with Gasteiger partial charge in [-0.25, -0.2) is 14.7 Å². The molecule has 3 heterocycles. The molecule has 0 atom stereocenters. The Kier molecular flexibility index (Phi) is 7.57. The normalized spacial score (nSPS) is 13.6. The third-order valence-corrected chi connectivity index (χ3v) is 6.79. The first kappa shape index (κ1) is 25.0. The SMILES string of the molecule is Cc1c(C(=O)NN2CCCCC2)nn(-c2ccc(Cl)cc2Cl)c1-c1ccc(C#Cc2ccccn2)cc1. The number of nitrogens with zero attached hydrogens (tertiary/aromatic N) is 4. The van der Waals surface area contributed by atoms with Crippen LogP contribution in [0.4, 0.5) is 0 Å². The molecule has 2 aromatic carbocycles. The van der Waals surface area contributed by atoms with E-state index < -0.39 is 0 Å². The van der Waals surface area contributed by atoms with Gasteiger partial charge in [0.2, 0.25) is 0 Å². The van der Waals surface area contributed by atoms with Crippen molar-refractivity contribution in [2.75, 3.05) is 13.1 Å². The molecule has 186 valence electrons. The molecular weight excluding hydrogens is 505 g/mol. The number of piperidine rings is 1. The molecule has 6 nitrogen and oxygen atoms in total. The summed E-state index contributed by atoms with van der Waals surface area (Å²) in [6, 6.07) is 18.7. The maximum absolute atomic E-state index is 13.3. The van der Waals surface area contributed by atoms with Gasteiger partial charge in [-0.05, 0) is 68.2 Å². The van der Waals surface area contributed by atoms with Crippen LogP contribution < -0.4 is 5.43 Å². The van der Waals surface area contributed by atoms with E-state index in [9.17, 15) is 4.79 Å². The van der Waals surface area contributed by atoms with E-state index in [0.29, 0.717) is 27.1 Å². The lowest BCUT2D eigenvalue weighted by atomic mass is 10.0. The molecule has 1 aliphatic rings. The van der Waals surface area contributed by atoms with Gasteiger partial charge in [0.15, 0.2) is 5.69 Å². The smallest absolute Gasteiger partial charge is 0.283 e. The van der Waals surface area contributed by atoms with E-state index in [2.05, 4.69) is 22.3 Å². The van der Waals surface area contributed by atoms with Crippen molar-refractivity contribution in [1.82, 2.24) is 25.2 Å². The molecule has 1 fully saturated rings. The summed E-state index contributed by atoms with van der Waals surface area (Å²) in [5, 5.41) is 7.66. The number of hydrogen-bond acceptors (Lipinski definition) is 4. The van der Waals surface area contributed by atoms with Gasteiger partial charge >= 0.3 is 0 Å². The van der Waals surface area contributed by atoms with Crippen LogP contribution >= 0.6 is 23.2 Å². The fourth-order valence-electron chi connectivity index (χ4n) is 4.36. The molecule has 2 aromatic heterocycles. The van der Waals surface area contributed by atoms with Crippen LogP contribution in [0.1, 0.15) is 46.6 Å². The zero-order chi connectivity index (χ0) is 25.8. The summed E-state index contributed by atoms with van der Waals surface area (Å²) in [5.41, 5.74) is 8.00. The van der Waals surface area contributed by atoms with Crippen LogP contribution in [-0.2, 0) is 0 Å². The second-order valence-corrected chi connectivity index (χ2v) is 9.70. The van der Waals surface area contributed by atoms with Gasteiger partial charge < -0.3 is 0 Å². The van der Waals surface area contributed by atoms with E-state index in [1.807, 2.05) is 54.4 Å². The Morgan fingerprint density at radius 2 is 1.76 bits per heavy atom. The first-order chi connectivity index (χ1) is 18.0. The van der Waals surface area contributed by atoms with Crippen LogP contribution in [0.3, 0.4) is 0 Å². The number of carbonyl (C=O) groups is 1. The highest BCUT2D eigenvalue weighted by Crippen LogP contribution is 2.33. The maximum Gasteiger partial charge on any atom is 0.286 e. The van der Waals surface area contributed by atoms with Gasteiger partial charge in [-0.15, -0.1) is 0 Å². The van der Waals surface area contributed by atoms with Crippen LogP contribution in [0.2, 0.25) is 10.0 Å². The fourth-order valence-corrected chi connectivity index (χ4v) is 4.85. The molecule has 0 radical (unpaired) electrons. The zero-order valence-electron chi connectivity index (χ0n) is 20.3. The van der Waals surface area contributed by atoms with E-state index in [-0.39, 0.29) is 5.91 Å². The van der Waals surface area contributed by atoms with Crippen LogP contribution in [0.15, 0.2) is 66.9 Å². The summed E-state index contributed by atoms with van der Waals surface area (Å²) >= 11 is 12.7. The molecular formula is C29H25Cl2N5O. The van der Waals surface area contributed by atoms with Crippen LogP contribution in [0.5, 0.6) is 0 Å². The first-order valence-electron chi connectivity index (χ1n) is 12.1. The Morgan fingerprint density at radius 3 is 2.46 bits per heavy atom. The number of aromatic nitrogens is 3. The number of benzene rings is 2. The number of carbonyl (C=O) groups excluding carboxylic acids is 1. The summed E-state index contributed by atoms with van der Waals surface area (Å²) in [4.78, 5) is 17.5. The standard InChI is InChI=1S/C29H25Cl2N5O/c1-20-27(29(37)34-35-17-5-2-6-18-35)33-36(26-15-13-23(30)19-25(26)31)28(20)22-11-8-21(9-12-22)10-14-24-7-3-4-16-32-24/h3-4,7-9,11-13,15-16,19H,2,5-6,17-18H2,1H3,(H,34,37). The van der Waals surface area contributed by atoms with Crippen LogP contribution in [0.25, 0.3) is 16.9 Å². The Morgan fingerprint density at radius 1 is 0.973 bits per heavy atom. The van der Waals surface area contributed by atoms with Gasteiger partial charge in [-0.3, -0.25) is 10.2 Å². The van der Waals surface area contributed by atoms with E-state index >= 15 is 0 Å². The summed E-state index contributed by atoms with van der Waals surface area (Å²) in [5.74, 6) is 5.98. The second kappa shape index (κ2) is 11.2. The molecule has 8 heteroatoms. The summed E-state index contributed by atoms with van der Waals surface area (Å²) in [6.45, 7) is 3.58. The van der Waals surface area contributed by atoms with E-state index in [0.717, 1.165) is 48.3 Å². The molecule has 1 amide bonds. The van der Waals surface area contributed by atoms with Crippen LogP contribution in [-0.4, -0.2) is 38.8 Å². The summed E-state index contributed by atoms with van der Waals surface area (Å²) in [7, 11) is 0. The largest absolute Gasteiger partial charge is 0.286 e. The molecule has 0 aliphatic carbocycles. The number of hydrogen-bond donors (Lipinski definition) is 1. The number of halogens is 2. The van der Waals surface area contributed by atoms with Crippen molar-refractivity contribution in [3.8, 4) is 28.8 Å². The fraction of sp³-hybridized carbons (Fsp3) is 0.207. The van der Waals surface area contributed by atoms with Gasteiger partial charge in [-0.2, -0.15) is 5.10 Å². The van der Waals surface area contributed by atoms with Crippen molar-refractivity contribution in [3.05, 3.63) is 99.4 Å². The topological polar surface area (TPSA) is 63.1 Å². The molecule has 37 heavy (non-hydrogen) atoms. The number of hydrazine groups is 1. The molecule has 4 aromatic rings. The molecule has 1 aliphatic heterocycles. The van der Waals surface area contributed by atoms with E-state index in [4.69, 9.17) is 28.3 Å². The Bertz CT molecular complexity index is 1480. The minimum atomic E-state index is -0.234. The predicted octanol–water partition coefficient (Wildman–Crippen LogP) is 6.08. The predicted molar refractivity (Wildman–Crippen MR) is 147 cm³/mol. The summed E-state index contributed by atoms with van der Waals surface area (Å²) < 4.78 is 1.72. The molecule has 0 spiro atoms. The van der Waals surface area contributed by atoms with Gasteiger partial charge in [0.05, 0.1) is 16.4 Å². The lowest BCUT2D eigenvalue weighted by Crippen LogP contribution is -2.45. The van der Waals surface area contributed by atoms with Crippen molar-refractivity contribution >= 4 is 29.1 Å². The van der Waals surface area contributed by atoms with Crippen LogP contribution in [0, 0.1) is 18.8 Å². The van der Waals surface area contributed by atoms with Gasteiger partial charge in [0.25, 0.3) is 5.91 Å². The van der Waals surface area contributed by atoms with Gasteiger partial charge in [0, 0.05) is 41.0 Å². The number of pyridine rings is 1. The highest BCUT2D eigenvalue weighted by molar-refractivity contribution is 6.35. The van der Waals surface area contributed by atoms with Crippen molar-refractivity contribution in [2.24, 2.45) is 0 Å². The van der Waals surface area contributed by atoms with Gasteiger partial charge in [-0.1, -0.05) is 53.7 Å². The molecule has 0 bridgehead atoms. The zero-order valence-corrected chi connectivity index (χ0v) is 21.9. The van der Waals surface area contributed by atoms with Crippen molar-refractivity contribution < 1.29 is 4.79 Å². The third kappa shape index (κ3) is 5.70. The van der Waals surface area contributed by atoms with Crippen molar-refractivity contribution in [1.29, 1.82) is 0 Å². The molecule has 5 rings (SSSR count). The Balaban J connectivity index is 1.53.